The summed E-state index contributed by atoms with van der Waals surface area (Å²) >= 11 is 0. The fourth-order valence-corrected chi connectivity index (χ4v) is 1.90. The average molecular weight is 244 g/mol. The Kier molecular flexibility index (Phi) is 4.77. The minimum absolute atomic E-state index is 0.275. The van der Waals surface area contributed by atoms with Crippen LogP contribution in [-0.2, 0) is 9.57 Å². The first-order valence-corrected chi connectivity index (χ1v) is 6.10. The number of hydroxylamine groups is 2. The lowest BCUT2D eigenvalue weighted by molar-refractivity contribution is -0.152. The van der Waals surface area contributed by atoms with Crippen LogP contribution in [0.3, 0.4) is 0 Å². The molecule has 0 spiro atoms. The summed E-state index contributed by atoms with van der Waals surface area (Å²) in [6.07, 6.45) is 1.51. The molecule has 0 aromatic carbocycles. The fourth-order valence-electron chi connectivity index (χ4n) is 1.90. The number of likely N-dealkylation sites (N-methyl/N-ethyl adjacent to an activating group) is 1. The van der Waals surface area contributed by atoms with Gasteiger partial charge < -0.3 is 14.5 Å². The molecule has 0 aliphatic carbocycles. The van der Waals surface area contributed by atoms with Crippen LogP contribution in [0, 0.1) is 0 Å². The van der Waals surface area contributed by atoms with Crippen molar-refractivity contribution in [2.75, 3.05) is 27.2 Å². The molecule has 5 heteroatoms. The highest BCUT2D eigenvalue weighted by Crippen LogP contribution is 2.19. The normalized spacial score (nSPS) is 21.9. The lowest BCUT2D eigenvalue weighted by atomic mass is 10.2. The minimum Gasteiger partial charge on any atom is -0.427 e. The molecular weight excluding hydrogens is 220 g/mol. The molecule has 0 saturated carbocycles. The zero-order valence-electron chi connectivity index (χ0n) is 11.5. The van der Waals surface area contributed by atoms with Crippen LogP contribution in [0.15, 0.2) is 0 Å². The molecule has 0 radical (unpaired) electrons. The monoisotopic (exact) mass is 244 g/mol. The minimum atomic E-state index is -0.608. The van der Waals surface area contributed by atoms with Crippen molar-refractivity contribution in [1.82, 2.24) is 9.96 Å². The predicted molar refractivity (Wildman–Crippen MR) is 65.6 cm³/mol. The van der Waals surface area contributed by atoms with E-state index in [1.807, 2.05) is 34.9 Å². The van der Waals surface area contributed by atoms with E-state index in [0.717, 1.165) is 25.9 Å². The number of hydrogen-bond acceptors (Lipinski definition) is 5. The van der Waals surface area contributed by atoms with Gasteiger partial charge in [0.05, 0.1) is 6.04 Å². The molecular formula is C12H24N2O3. The number of rotatable bonds is 3. The van der Waals surface area contributed by atoms with Gasteiger partial charge in [0.15, 0.2) is 0 Å². The highest BCUT2D eigenvalue weighted by atomic mass is 16.8. The Balaban J connectivity index is 2.42. The average Bonchev–Trinajstić information content (AvgIpc) is 2.47. The van der Waals surface area contributed by atoms with Gasteiger partial charge in [0, 0.05) is 13.1 Å². The van der Waals surface area contributed by atoms with Gasteiger partial charge in [0.2, 0.25) is 0 Å². The van der Waals surface area contributed by atoms with Crippen LogP contribution in [0.2, 0.25) is 0 Å². The summed E-state index contributed by atoms with van der Waals surface area (Å²) in [7, 11) is 4.04. The van der Waals surface area contributed by atoms with Gasteiger partial charge in [-0.2, -0.15) is 0 Å². The molecule has 1 unspecified atom stereocenters. The second-order valence-corrected chi connectivity index (χ2v) is 5.75. The topological polar surface area (TPSA) is 42.0 Å². The van der Waals surface area contributed by atoms with Gasteiger partial charge in [0.25, 0.3) is 0 Å². The lowest BCUT2D eigenvalue weighted by Crippen LogP contribution is -2.40. The maximum atomic E-state index is 11.5. The van der Waals surface area contributed by atoms with Gasteiger partial charge in [-0.25, -0.2) is 4.79 Å². The third-order valence-corrected chi connectivity index (χ3v) is 2.48. The summed E-state index contributed by atoms with van der Waals surface area (Å²) in [4.78, 5) is 18.9. The molecule has 1 atom stereocenters. The Morgan fingerprint density at radius 1 is 1.41 bits per heavy atom. The van der Waals surface area contributed by atoms with Crippen molar-refractivity contribution < 1.29 is 14.4 Å². The summed E-state index contributed by atoms with van der Waals surface area (Å²) in [5.41, 5.74) is -0.506. The third-order valence-electron chi connectivity index (χ3n) is 2.48. The zero-order chi connectivity index (χ0) is 13.1. The van der Waals surface area contributed by atoms with Crippen LogP contribution in [0.5, 0.6) is 0 Å². The van der Waals surface area contributed by atoms with Crippen molar-refractivity contribution in [1.29, 1.82) is 0 Å². The number of ether oxygens (including phenoxy) is 1. The first-order valence-electron chi connectivity index (χ1n) is 6.10. The summed E-state index contributed by atoms with van der Waals surface area (Å²) < 4.78 is 5.14. The van der Waals surface area contributed by atoms with Crippen molar-refractivity contribution in [2.24, 2.45) is 0 Å². The molecule has 1 aliphatic rings. The molecule has 0 aromatic heterocycles. The molecule has 100 valence electrons. The van der Waals surface area contributed by atoms with Crippen LogP contribution < -0.4 is 0 Å². The Morgan fingerprint density at radius 3 is 2.59 bits per heavy atom. The van der Waals surface area contributed by atoms with E-state index in [2.05, 4.69) is 4.90 Å². The largest absolute Gasteiger partial charge is 0.528 e. The van der Waals surface area contributed by atoms with E-state index in [4.69, 9.17) is 9.57 Å². The SMILES string of the molecule is CN(C)CC1CCCN1OC(=O)OC(C)(C)C. The van der Waals surface area contributed by atoms with Gasteiger partial charge in [-0.15, -0.1) is 5.06 Å². The molecule has 1 aliphatic heterocycles. The predicted octanol–water partition coefficient (Wildman–Crippen LogP) is 1.88. The Bertz CT molecular complexity index is 261. The number of nitrogens with zero attached hydrogens (tertiary/aromatic N) is 2. The maximum Gasteiger partial charge on any atom is 0.528 e. The first-order chi connectivity index (χ1) is 7.78. The van der Waals surface area contributed by atoms with E-state index in [9.17, 15) is 4.79 Å². The lowest BCUT2D eigenvalue weighted by Gasteiger charge is -2.27. The van der Waals surface area contributed by atoms with Crippen molar-refractivity contribution in [3.63, 3.8) is 0 Å². The van der Waals surface area contributed by atoms with Crippen molar-refractivity contribution in [2.45, 2.75) is 45.3 Å². The molecule has 0 aromatic rings. The van der Waals surface area contributed by atoms with Gasteiger partial charge in [-0.1, -0.05) is 0 Å². The Labute approximate surface area is 104 Å². The fraction of sp³-hybridized carbons (Fsp3) is 0.917. The van der Waals surface area contributed by atoms with E-state index in [-0.39, 0.29) is 6.04 Å². The molecule has 5 nitrogen and oxygen atoms in total. The van der Waals surface area contributed by atoms with E-state index in [1.165, 1.54) is 0 Å². The molecule has 0 N–H and O–H groups in total. The molecule has 17 heavy (non-hydrogen) atoms. The quantitative estimate of drug-likeness (QED) is 0.709. The maximum absolute atomic E-state index is 11.5. The number of carbonyl (C=O) groups is 1. The summed E-state index contributed by atoms with van der Waals surface area (Å²) in [5.74, 6) is 0. The van der Waals surface area contributed by atoms with E-state index in [0.29, 0.717) is 0 Å². The van der Waals surface area contributed by atoms with Crippen LogP contribution >= 0.6 is 0 Å². The first kappa shape index (κ1) is 14.3. The second-order valence-electron chi connectivity index (χ2n) is 5.75. The third kappa shape index (κ3) is 5.37. The van der Waals surface area contributed by atoms with Crippen molar-refractivity contribution in [3.8, 4) is 0 Å². The van der Waals surface area contributed by atoms with Crippen LogP contribution in [0.25, 0.3) is 0 Å². The highest BCUT2D eigenvalue weighted by Gasteiger charge is 2.30. The second kappa shape index (κ2) is 5.69. The van der Waals surface area contributed by atoms with Gasteiger partial charge >= 0.3 is 6.16 Å². The molecule has 0 amide bonds. The Hall–Kier alpha value is -0.810. The molecule has 1 saturated heterocycles. The van der Waals surface area contributed by atoms with Gasteiger partial charge in [0.1, 0.15) is 5.60 Å². The number of carbonyl (C=O) groups excluding carboxylic acids is 1. The number of hydrogen-bond donors (Lipinski definition) is 0. The summed E-state index contributed by atoms with van der Waals surface area (Å²) in [6, 6.07) is 0.275. The highest BCUT2D eigenvalue weighted by molar-refractivity contribution is 5.60. The zero-order valence-corrected chi connectivity index (χ0v) is 11.5. The summed E-state index contributed by atoms with van der Waals surface area (Å²) in [5, 5.41) is 1.74. The Morgan fingerprint density at radius 2 is 2.06 bits per heavy atom. The molecule has 1 rings (SSSR count). The van der Waals surface area contributed by atoms with Gasteiger partial charge in [-0.05, 0) is 47.7 Å². The van der Waals surface area contributed by atoms with Crippen LogP contribution in [-0.4, -0.2) is 54.9 Å². The van der Waals surface area contributed by atoms with Crippen molar-refractivity contribution >= 4 is 6.16 Å². The smallest absolute Gasteiger partial charge is 0.427 e. The van der Waals surface area contributed by atoms with E-state index >= 15 is 0 Å². The summed E-state index contributed by atoms with van der Waals surface area (Å²) in [6.45, 7) is 7.17. The van der Waals surface area contributed by atoms with Gasteiger partial charge in [-0.3, -0.25) is 0 Å². The molecule has 1 heterocycles. The molecule has 0 bridgehead atoms. The van der Waals surface area contributed by atoms with E-state index < -0.39 is 11.8 Å². The van der Waals surface area contributed by atoms with Crippen LogP contribution in [0.4, 0.5) is 4.79 Å². The molecule has 1 fully saturated rings. The van der Waals surface area contributed by atoms with E-state index in [1.54, 1.807) is 5.06 Å². The standard InChI is InChI=1S/C12H24N2O3/c1-12(2,3)16-11(15)17-14-8-6-7-10(14)9-13(4)5/h10H,6-9H2,1-5H3. The van der Waals surface area contributed by atoms with Crippen LogP contribution in [0.1, 0.15) is 33.6 Å². The van der Waals surface area contributed by atoms with Crippen molar-refractivity contribution in [3.05, 3.63) is 0 Å².